The third-order valence-electron chi connectivity index (χ3n) is 3.43. The molecule has 0 fully saturated rings. The van der Waals surface area contributed by atoms with Crippen molar-refractivity contribution in [3.8, 4) is 17.2 Å². The van der Waals surface area contributed by atoms with E-state index in [1.54, 1.807) is 12.1 Å². The lowest BCUT2D eigenvalue weighted by Gasteiger charge is -2.16. The van der Waals surface area contributed by atoms with Gasteiger partial charge in [-0.3, -0.25) is 0 Å². The molecule has 3 rings (SSSR count). The Morgan fingerprint density at radius 3 is 2.71 bits per heavy atom. The van der Waals surface area contributed by atoms with Crippen molar-refractivity contribution in [3.63, 3.8) is 0 Å². The van der Waals surface area contributed by atoms with Crippen molar-refractivity contribution in [2.75, 3.05) is 19.2 Å². The molecule has 0 amide bonds. The fourth-order valence-electron chi connectivity index (χ4n) is 2.27. The Kier molecular flexibility index (Phi) is 3.56. The van der Waals surface area contributed by atoms with Gasteiger partial charge in [0.05, 0.1) is 7.11 Å². The summed E-state index contributed by atoms with van der Waals surface area (Å²) >= 11 is 0. The molecule has 0 spiro atoms. The van der Waals surface area contributed by atoms with Crippen LogP contribution >= 0.6 is 0 Å². The molecule has 0 bridgehead atoms. The van der Waals surface area contributed by atoms with Gasteiger partial charge in [0.2, 0.25) is 6.79 Å². The fraction of sp³-hybridized carbons (Fsp3) is 0.250. The predicted molar refractivity (Wildman–Crippen MR) is 77.6 cm³/mol. The number of hydrogen-bond donors (Lipinski definition) is 1. The van der Waals surface area contributed by atoms with E-state index in [1.165, 1.54) is 13.2 Å². The topological polar surface area (TPSA) is 39.7 Å². The first-order valence-electron chi connectivity index (χ1n) is 6.67. The summed E-state index contributed by atoms with van der Waals surface area (Å²) in [6, 6.07) is 10.6. The average molecular weight is 289 g/mol. The van der Waals surface area contributed by atoms with Crippen LogP contribution in [-0.2, 0) is 0 Å². The minimum absolute atomic E-state index is 0.00675. The molecule has 4 nitrogen and oxygen atoms in total. The zero-order chi connectivity index (χ0) is 14.8. The monoisotopic (exact) mass is 289 g/mol. The van der Waals surface area contributed by atoms with E-state index in [9.17, 15) is 4.39 Å². The van der Waals surface area contributed by atoms with Crippen LogP contribution in [0.5, 0.6) is 17.2 Å². The lowest BCUT2D eigenvalue weighted by atomic mass is 10.1. The molecule has 0 saturated carbocycles. The summed E-state index contributed by atoms with van der Waals surface area (Å²) in [6.07, 6.45) is 0. The van der Waals surface area contributed by atoms with Crippen LogP contribution in [-0.4, -0.2) is 13.9 Å². The SMILES string of the molecule is COc1ccc(NC(C)c2ccc3c(c2)OCO3)cc1F. The number of ether oxygens (including phenoxy) is 3. The Morgan fingerprint density at radius 2 is 1.95 bits per heavy atom. The van der Waals surface area contributed by atoms with E-state index in [4.69, 9.17) is 14.2 Å². The van der Waals surface area contributed by atoms with Crippen molar-refractivity contribution >= 4 is 5.69 Å². The maximum absolute atomic E-state index is 13.7. The van der Waals surface area contributed by atoms with Crippen LogP contribution in [0.25, 0.3) is 0 Å². The van der Waals surface area contributed by atoms with Crippen LogP contribution in [0.15, 0.2) is 36.4 Å². The molecule has 2 aromatic carbocycles. The van der Waals surface area contributed by atoms with Crippen LogP contribution < -0.4 is 19.5 Å². The standard InChI is InChI=1S/C16H16FNO3/c1-10(11-3-5-15-16(7-11)21-9-20-15)18-12-4-6-14(19-2)13(17)8-12/h3-8,10,18H,9H2,1-2H3. The van der Waals surface area contributed by atoms with Crippen LogP contribution in [0.3, 0.4) is 0 Å². The van der Waals surface area contributed by atoms with E-state index >= 15 is 0 Å². The number of benzene rings is 2. The quantitative estimate of drug-likeness (QED) is 0.931. The van der Waals surface area contributed by atoms with Crippen molar-refractivity contribution in [1.82, 2.24) is 0 Å². The molecule has 1 unspecified atom stereocenters. The summed E-state index contributed by atoms with van der Waals surface area (Å²) in [4.78, 5) is 0. The molecule has 1 aliphatic rings. The van der Waals surface area contributed by atoms with Gasteiger partial charge in [-0.05, 0) is 36.8 Å². The minimum Gasteiger partial charge on any atom is -0.494 e. The largest absolute Gasteiger partial charge is 0.494 e. The summed E-state index contributed by atoms with van der Waals surface area (Å²) in [7, 11) is 1.45. The summed E-state index contributed by atoms with van der Waals surface area (Å²) in [6.45, 7) is 2.25. The summed E-state index contributed by atoms with van der Waals surface area (Å²) in [5.74, 6) is 1.33. The molecule has 110 valence electrons. The Morgan fingerprint density at radius 1 is 1.14 bits per heavy atom. The molecule has 1 heterocycles. The number of halogens is 1. The number of anilines is 1. The number of rotatable bonds is 4. The third kappa shape index (κ3) is 2.72. The highest BCUT2D eigenvalue weighted by Crippen LogP contribution is 2.35. The average Bonchev–Trinajstić information content (AvgIpc) is 2.94. The number of fused-ring (bicyclic) bond motifs is 1. The highest BCUT2D eigenvalue weighted by atomic mass is 19.1. The lowest BCUT2D eigenvalue weighted by molar-refractivity contribution is 0.174. The summed E-state index contributed by atoms with van der Waals surface area (Å²) < 4.78 is 29.2. The van der Waals surface area contributed by atoms with Gasteiger partial charge in [0, 0.05) is 17.8 Å². The molecular formula is C16H16FNO3. The van der Waals surface area contributed by atoms with Gasteiger partial charge in [-0.2, -0.15) is 0 Å². The minimum atomic E-state index is -0.389. The summed E-state index contributed by atoms with van der Waals surface area (Å²) in [5, 5.41) is 3.25. The number of methoxy groups -OCH3 is 1. The van der Waals surface area contributed by atoms with Crippen molar-refractivity contribution in [3.05, 3.63) is 47.8 Å². The summed E-state index contributed by atoms with van der Waals surface area (Å²) in [5.41, 5.74) is 1.73. The smallest absolute Gasteiger partial charge is 0.231 e. The molecular weight excluding hydrogens is 273 g/mol. The first-order chi connectivity index (χ1) is 10.2. The van der Waals surface area contributed by atoms with E-state index in [0.717, 1.165) is 17.1 Å². The van der Waals surface area contributed by atoms with Gasteiger partial charge in [-0.15, -0.1) is 0 Å². The lowest BCUT2D eigenvalue weighted by Crippen LogP contribution is -2.07. The van der Waals surface area contributed by atoms with E-state index in [1.807, 2.05) is 25.1 Å². The van der Waals surface area contributed by atoms with Crippen LogP contribution in [0, 0.1) is 5.82 Å². The second-order valence-electron chi connectivity index (χ2n) is 4.83. The first kappa shape index (κ1) is 13.5. The second kappa shape index (κ2) is 5.52. The Balaban J connectivity index is 1.76. The van der Waals surface area contributed by atoms with Crippen molar-refractivity contribution in [2.45, 2.75) is 13.0 Å². The predicted octanol–water partition coefficient (Wildman–Crippen LogP) is 3.74. The Bertz CT molecular complexity index is 660. The maximum Gasteiger partial charge on any atom is 0.231 e. The van der Waals surface area contributed by atoms with Crippen molar-refractivity contribution < 1.29 is 18.6 Å². The molecule has 1 aliphatic heterocycles. The van der Waals surface area contributed by atoms with Gasteiger partial charge in [-0.25, -0.2) is 4.39 Å². The molecule has 5 heteroatoms. The molecule has 1 atom stereocenters. The van der Waals surface area contributed by atoms with Crippen LogP contribution in [0.2, 0.25) is 0 Å². The van der Waals surface area contributed by atoms with Crippen LogP contribution in [0.1, 0.15) is 18.5 Å². The van der Waals surface area contributed by atoms with Crippen molar-refractivity contribution in [2.24, 2.45) is 0 Å². The van der Waals surface area contributed by atoms with Gasteiger partial charge in [0.1, 0.15) is 0 Å². The normalized spacial score (nSPS) is 13.9. The maximum atomic E-state index is 13.7. The van der Waals surface area contributed by atoms with Gasteiger partial charge in [-0.1, -0.05) is 6.07 Å². The van der Waals surface area contributed by atoms with Crippen molar-refractivity contribution in [1.29, 1.82) is 0 Å². The molecule has 1 N–H and O–H groups in total. The molecule has 0 aromatic heterocycles. The van der Waals surface area contributed by atoms with E-state index in [2.05, 4.69) is 5.32 Å². The van der Waals surface area contributed by atoms with Gasteiger partial charge in [0.15, 0.2) is 23.1 Å². The number of hydrogen-bond acceptors (Lipinski definition) is 4. The van der Waals surface area contributed by atoms with E-state index in [0.29, 0.717) is 5.69 Å². The number of nitrogens with one attached hydrogen (secondary N) is 1. The Labute approximate surface area is 122 Å². The van der Waals surface area contributed by atoms with Crippen LogP contribution in [0.4, 0.5) is 10.1 Å². The fourth-order valence-corrected chi connectivity index (χ4v) is 2.27. The van der Waals surface area contributed by atoms with Gasteiger partial charge in [0.25, 0.3) is 0 Å². The van der Waals surface area contributed by atoms with Gasteiger partial charge >= 0.3 is 0 Å². The van der Waals surface area contributed by atoms with E-state index < -0.39 is 0 Å². The molecule has 0 saturated heterocycles. The second-order valence-corrected chi connectivity index (χ2v) is 4.83. The molecule has 2 aromatic rings. The molecule has 0 radical (unpaired) electrons. The Hall–Kier alpha value is -2.43. The molecule has 21 heavy (non-hydrogen) atoms. The zero-order valence-electron chi connectivity index (χ0n) is 11.9. The van der Waals surface area contributed by atoms with Gasteiger partial charge < -0.3 is 19.5 Å². The zero-order valence-corrected chi connectivity index (χ0v) is 11.9. The van der Waals surface area contributed by atoms with E-state index in [-0.39, 0.29) is 24.4 Å². The third-order valence-corrected chi connectivity index (χ3v) is 3.43. The first-order valence-corrected chi connectivity index (χ1v) is 6.67. The molecule has 0 aliphatic carbocycles. The highest BCUT2D eigenvalue weighted by molar-refractivity contribution is 5.51. The highest BCUT2D eigenvalue weighted by Gasteiger charge is 2.16.